The van der Waals surface area contributed by atoms with Crippen LogP contribution in [-0.2, 0) is 13.1 Å². The SMILES string of the molecule is CCCCN(Cc1ccccc1)Cc1ccc(O)c(Cl)c1. The summed E-state index contributed by atoms with van der Waals surface area (Å²) in [6.45, 7) is 5.04. The molecule has 0 aliphatic heterocycles. The van der Waals surface area contributed by atoms with Crippen LogP contribution in [0.4, 0.5) is 0 Å². The predicted molar refractivity (Wildman–Crippen MR) is 88.6 cm³/mol. The van der Waals surface area contributed by atoms with E-state index in [1.807, 2.05) is 18.2 Å². The maximum Gasteiger partial charge on any atom is 0.134 e. The van der Waals surface area contributed by atoms with E-state index in [4.69, 9.17) is 11.6 Å². The van der Waals surface area contributed by atoms with Gasteiger partial charge in [-0.25, -0.2) is 0 Å². The maximum atomic E-state index is 9.51. The summed E-state index contributed by atoms with van der Waals surface area (Å²) >= 11 is 5.99. The van der Waals surface area contributed by atoms with Gasteiger partial charge < -0.3 is 5.11 Å². The molecule has 3 heteroatoms. The van der Waals surface area contributed by atoms with E-state index in [-0.39, 0.29) is 5.75 Å². The second-order valence-corrected chi connectivity index (χ2v) is 5.74. The van der Waals surface area contributed by atoms with Crippen LogP contribution in [0, 0.1) is 0 Å². The van der Waals surface area contributed by atoms with Gasteiger partial charge in [0.15, 0.2) is 0 Å². The summed E-state index contributed by atoms with van der Waals surface area (Å²) < 4.78 is 0. The number of benzene rings is 2. The number of unbranched alkanes of at least 4 members (excludes halogenated alkanes) is 1. The van der Waals surface area contributed by atoms with Crippen molar-refractivity contribution < 1.29 is 5.11 Å². The Bertz CT molecular complexity index is 556. The molecule has 0 saturated heterocycles. The number of hydrogen-bond acceptors (Lipinski definition) is 2. The van der Waals surface area contributed by atoms with Gasteiger partial charge in [-0.1, -0.05) is 61.3 Å². The highest BCUT2D eigenvalue weighted by atomic mass is 35.5. The average molecular weight is 304 g/mol. The monoisotopic (exact) mass is 303 g/mol. The van der Waals surface area contributed by atoms with Crippen LogP contribution in [0.3, 0.4) is 0 Å². The lowest BCUT2D eigenvalue weighted by Crippen LogP contribution is -2.24. The molecule has 0 saturated carbocycles. The van der Waals surface area contributed by atoms with Crippen molar-refractivity contribution in [1.29, 1.82) is 0 Å². The molecule has 21 heavy (non-hydrogen) atoms. The van der Waals surface area contributed by atoms with Crippen molar-refractivity contribution in [1.82, 2.24) is 4.90 Å². The molecule has 2 nitrogen and oxygen atoms in total. The minimum atomic E-state index is 0.142. The highest BCUT2D eigenvalue weighted by Gasteiger charge is 2.08. The molecule has 0 amide bonds. The number of phenols is 1. The number of phenolic OH excluding ortho intramolecular Hbond substituents is 1. The minimum absolute atomic E-state index is 0.142. The van der Waals surface area contributed by atoms with Crippen LogP contribution in [-0.4, -0.2) is 16.6 Å². The van der Waals surface area contributed by atoms with Gasteiger partial charge in [0.05, 0.1) is 5.02 Å². The molecule has 112 valence electrons. The summed E-state index contributed by atoms with van der Waals surface area (Å²) in [6, 6.07) is 15.9. The molecule has 2 rings (SSSR count). The molecule has 2 aromatic rings. The number of halogens is 1. The quantitative estimate of drug-likeness (QED) is 0.790. The first-order chi connectivity index (χ1) is 10.2. The van der Waals surface area contributed by atoms with Gasteiger partial charge in [0.2, 0.25) is 0 Å². The third kappa shape index (κ3) is 5.07. The molecule has 0 bridgehead atoms. The minimum Gasteiger partial charge on any atom is -0.506 e. The third-order valence-corrected chi connectivity index (χ3v) is 3.80. The summed E-state index contributed by atoms with van der Waals surface area (Å²) in [5, 5.41) is 9.93. The van der Waals surface area contributed by atoms with Crippen molar-refractivity contribution in [3.63, 3.8) is 0 Å². The molecular formula is C18H22ClNO. The third-order valence-electron chi connectivity index (χ3n) is 3.50. The second-order valence-electron chi connectivity index (χ2n) is 5.34. The Morgan fingerprint density at radius 3 is 2.38 bits per heavy atom. The lowest BCUT2D eigenvalue weighted by Gasteiger charge is -2.22. The maximum absolute atomic E-state index is 9.51. The normalized spacial score (nSPS) is 11.0. The van der Waals surface area contributed by atoms with Crippen LogP contribution in [0.5, 0.6) is 5.75 Å². The highest BCUT2D eigenvalue weighted by Crippen LogP contribution is 2.24. The molecule has 0 fully saturated rings. The fourth-order valence-electron chi connectivity index (χ4n) is 2.34. The van der Waals surface area contributed by atoms with E-state index in [9.17, 15) is 5.11 Å². The van der Waals surface area contributed by atoms with E-state index in [1.165, 1.54) is 18.4 Å². The van der Waals surface area contributed by atoms with E-state index >= 15 is 0 Å². The predicted octanol–water partition coefficient (Wildman–Crippen LogP) is 4.85. The van der Waals surface area contributed by atoms with Crippen LogP contribution in [0.15, 0.2) is 48.5 Å². The molecule has 0 atom stereocenters. The Kier molecular flexibility index (Phi) is 6.09. The van der Waals surface area contributed by atoms with E-state index in [0.717, 1.165) is 25.2 Å². The first kappa shape index (κ1) is 15.9. The van der Waals surface area contributed by atoms with Crippen molar-refractivity contribution in [2.75, 3.05) is 6.54 Å². The molecule has 0 aliphatic carbocycles. The first-order valence-electron chi connectivity index (χ1n) is 7.42. The molecular weight excluding hydrogens is 282 g/mol. The fraction of sp³-hybridized carbons (Fsp3) is 0.333. The van der Waals surface area contributed by atoms with Crippen molar-refractivity contribution in [3.8, 4) is 5.75 Å². The molecule has 0 heterocycles. The van der Waals surface area contributed by atoms with Crippen molar-refractivity contribution in [3.05, 3.63) is 64.7 Å². The molecule has 0 radical (unpaired) electrons. The van der Waals surface area contributed by atoms with Crippen LogP contribution < -0.4 is 0 Å². The Balaban J connectivity index is 2.06. The zero-order valence-corrected chi connectivity index (χ0v) is 13.2. The van der Waals surface area contributed by atoms with Crippen LogP contribution in [0.25, 0.3) is 0 Å². The molecule has 2 aromatic carbocycles. The number of aromatic hydroxyl groups is 1. The zero-order valence-electron chi connectivity index (χ0n) is 12.4. The standard InChI is InChI=1S/C18H22ClNO/c1-2-3-11-20(13-15-7-5-4-6-8-15)14-16-9-10-18(21)17(19)12-16/h4-10,12,21H,2-3,11,13-14H2,1H3. The summed E-state index contributed by atoms with van der Waals surface area (Å²) in [7, 11) is 0. The Hall–Kier alpha value is -1.51. The Morgan fingerprint density at radius 1 is 1.00 bits per heavy atom. The topological polar surface area (TPSA) is 23.5 Å². The van der Waals surface area contributed by atoms with Gasteiger partial charge in [-0.3, -0.25) is 4.90 Å². The second kappa shape index (κ2) is 8.06. The summed E-state index contributed by atoms with van der Waals surface area (Å²) in [6.07, 6.45) is 2.36. The van der Waals surface area contributed by atoms with E-state index in [1.54, 1.807) is 6.07 Å². The Morgan fingerprint density at radius 2 is 1.71 bits per heavy atom. The van der Waals surface area contributed by atoms with Gasteiger partial charge in [-0.15, -0.1) is 0 Å². The van der Waals surface area contributed by atoms with E-state index in [2.05, 4.69) is 36.1 Å². The van der Waals surface area contributed by atoms with Crippen LogP contribution >= 0.6 is 11.6 Å². The van der Waals surface area contributed by atoms with Crippen LogP contribution in [0.1, 0.15) is 30.9 Å². The van der Waals surface area contributed by atoms with Gasteiger partial charge in [0.1, 0.15) is 5.75 Å². The molecule has 0 unspecified atom stereocenters. The highest BCUT2D eigenvalue weighted by molar-refractivity contribution is 6.32. The lowest BCUT2D eigenvalue weighted by atomic mass is 10.1. The Labute approximate surface area is 132 Å². The number of hydrogen-bond donors (Lipinski definition) is 1. The van der Waals surface area contributed by atoms with E-state index < -0.39 is 0 Å². The van der Waals surface area contributed by atoms with Gasteiger partial charge in [0.25, 0.3) is 0 Å². The van der Waals surface area contributed by atoms with Crippen molar-refractivity contribution in [2.24, 2.45) is 0 Å². The smallest absolute Gasteiger partial charge is 0.134 e. The molecule has 0 spiro atoms. The average Bonchev–Trinajstić information content (AvgIpc) is 2.49. The summed E-state index contributed by atoms with van der Waals surface area (Å²) in [4.78, 5) is 2.42. The number of rotatable bonds is 7. The van der Waals surface area contributed by atoms with Crippen LogP contribution in [0.2, 0.25) is 5.02 Å². The zero-order chi connectivity index (χ0) is 15.1. The van der Waals surface area contributed by atoms with Crippen molar-refractivity contribution in [2.45, 2.75) is 32.9 Å². The van der Waals surface area contributed by atoms with Gasteiger partial charge >= 0.3 is 0 Å². The molecule has 0 aliphatic rings. The summed E-state index contributed by atoms with van der Waals surface area (Å²) in [5.74, 6) is 0.142. The van der Waals surface area contributed by atoms with Gasteiger partial charge in [0, 0.05) is 13.1 Å². The number of nitrogens with zero attached hydrogens (tertiary/aromatic N) is 1. The van der Waals surface area contributed by atoms with Crippen molar-refractivity contribution >= 4 is 11.6 Å². The summed E-state index contributed by atoms with van der Waals surface area (Å²) in [5.41, 5.74) is 2.45. The fourth-order valence-corrected chi connectivity index (χ4v) is 2.55. The van der Waals surface area contributed by atoms with E-state index in [0.29, 0.717) is 5.02 Å². The van der Waals surface area contributed by atoms with Gasteiger partial charge in [-0.05, 0) is 36.2 Å². The van der Waals surface area contributed by atoms with Gasteiger partial charge in [-0.2, -0.15) is 0 Å². The lowest BCUT2D eigenvalue weighted by molar-refractivity contribution is 0.252. The first-order valence-corrected chi connectivity index (χ1v) is 7.80. The largest absolute Gasteiger partial charge is 0.506 e. The molecule has 1 N–H and O–H groups in total. The molecule has 0 aromatic heterocycles.